The molecule has 0 aliphatic carbocycles. The number of piperidine rings is 1. The van der Waals surface area contributed by atoms with Gasteiger partial charge in [-0.15, -0.1) is 0 Å². The molecule has 1 saturated heterocycles. The summed E-state index contributed by atoms with van der Waals surface area (Å²) in [5, 5.41) is 0. The normalized spacial score (nSPS) is 17.2. The molecule has 1 aliphatic heterocycles. The Bertz CT molecular complexity index is 387. The van der Waals surface area contributed by atoms with Crippen LogP contribution in [0.15, 0.2) is 29.5 Å². The Balaban J connectivity index is 1.86. The SMILES string of the molecule is C=C(Br)CN(C)C1CCN(c2ncccn2)CC1. The van der Waals surface area contributed by atoms with Gasteiger partial charge in [0.2, 0.25) is 5.95 Å². The minimum Gasteiger partial charge on any atom is -0.341 e. The molecule has 5 heteroatoms. The van der Waals surface area contributed by atoms with E-state index in [1.807, 2.05) is 6.07 Å². The lowest BCUT2D eigenvalue weighted by Crippen LogP contribution is -2.44. The number of aromatic nitrogens is 2. The van der Waals surface area contributed by atoms with Gasteiger partial charge in [0.1, 0.15) is 0 Å². The van der Waals surface area contributed by atoms with Gasteiger partial charge in [0.25, 0.3) is 0 Å². The summed E-state index contributed by atoms with van der Waals surface area (Å²) in [5.74, 6) is 0.850. The van der Waals surface area contributed by atoms with E-state index in [0.29, 0.717) is 6.04 Å². The number of rotatable bonds is 4. The second kappa shape index (κ2) is 6.29. The Hall–Kier alpha value is -0.940. The molecular weight excluding hydrogens is 292 g/mol. The van der Waals surface area contributed by atoms with Crippen molar-refractivity contribution in [2.45, 2.75) is 18.9 Å². The largest absolute Gasteiger partial charge is 0.341 e. The van der Waals surface area contributed by atoms with Crippen LogP contribution in [-0.2, 0) is 0 Å². The molecule has 1 aromatic rings. The van der Waals surface area contributed by atoms with Gasteiger partial charge in [0, 0.05) is 42.6 Å². The van der Waals surface area contributed by atoms with Gasteiger partial charge in [-0.3, -0.25) is 4.90 Å². The summed E-state index contributed by atoms with van der Waals surface area (Å²) in [6, 6.07) is 2.48. The zero-order valence-electron chi connectivity index (χ0n) is 10.7. The van der Waals surface area contributed by atoms with Crippen molar-refractivity contribution in [2.24, 2.45) is 0 Å². The maximum Gasteiger partial charge on any atom is 0.225 e. The van der Waals surface area contributed by atoms with E-state index in [-0.39, 0.29) is 0 Å². The number of nitrogens with zero attached hydrogens (tertiary/aromatic N) is 4. The Labute approximate surface area is 117 Å². The third-order valence-electron chi connectivity index (χ3n) is 3.34. The van der Waals surface area contributed by atoms with Crippen LogP contribution >= 0.6 is 15.9 Å². The first-order valence-corrected chi connectivity index (χ1v) is 7.01. The third-order valence-corrected chi connectivity index (χ3v) is 3.59. The van der Waals surface area contributed by atoms with E-state index >= 15 is 0 Å². The molecule has 0 saturated carbocycles. The zero-order chi connectivity index (χ0) is 13.0. The molecule has 0 unspecified atom stereocenters. The predicted octanol–water partition coefficient (Wildman–Crippen LogP) is 2.29. The molecule has 1 aromatic heterocycles. The first-order chi connectivity index (χ1) is 8.66. The third kappa shape index (κ3) is 3.53. The number of halogens is 1. The summed E-state index contributed by atoms with van der Waals surface area (Å²) >= 11 is 3.42. The van der Waals surface area contributed by atoms with Crippen LogP contribution in [0.3, 0.4) is 0 Å². The lowest BCUT2D eigenvalue weighted by atomic mass is 10.0. The number of hydrogen-bond donors (Lipinski definition) is 0. The predicted molar refractivity (Wildman–Crippen MR) is 78.0 cm³/mol. The van der Waals surface area contributed by atoms with Crippen LogP contribution in [0.25, 0.3) is 0 Å². The van der Waals surface area contributed by atoms with Crippen LogP contribution in [0.1, 0.15) is 12.8 Å². The van der Waals surface area contributed by atoms with Crippen LogP contribution in [0, 0.1) is 0 Å². The van der Waals surface area contributed by atoms with Crippen LogP contribution in [-0.4, -0.2) is 47.6 Å². The van der Waals surface area contributed by atoms with Gasteiger partial charge in [0.05, 0.1) is 0 Å². The van der Waals surface area contributed by atoms with Crippen LogP contribution in [0.5, 0.6) is 0 Å². The van der Waals surface area contributed by atoms with E-state index in [2.05, 4.69) is 49.3 Å². The van der Waals surface area contributed by atoms with Gasteiger partial charge in [-0.2, -0.15) is 0 Å². The van der Waals surface area contributed by atoms with Gasteiger partial charge >= 0.3 is 0 Å². The first-order valence-electron chi connectivity index (χ1n) is 6.22. The van der Waals surface area contributed by atoms with Crippen molar-refractivity contribution in [1.82, 2.24) is 14.9 Å². The number of hydrogen-bond acceptors (Lipinski definition) is 4. The molecule has 2 rings (SSSR count). The topological polar surface area (TPSA) is 32.3 Å². The van der Waals surface area contributed by atoms with E-state index in [9.17, 15) is 0 Å². The molecule has 1 fully saturated rings. The Morgan fingerprint density at radius 2 is 2.06 bits per heavy atom. The minimum atomic E-state index is 0.624. The lowest BCUT2D eigenvalue weighted by molar-refractivity contribution is 0.226. The molecule has 0 bridgehead atoms. The molecule has 2 heterocycles. The van der Waals surface area contributed by atoms with E-state index in [1.165, 1.54) is 0 Å². The summed E-state index contributed by atoms with van der Waals surface area (Å²) in [5.41, 5.74) is 0. The maximum absolute atomic E-state index is 4.30. The molecule has 0 N–H and O–H groups in total. The second-order valence-electron chi connectivity index (χ2n) is 4.70. The summed E-state index contributed by atoms with van der Waals surface area (Å²) in [6.07, 6.45) is 5.90. The van der Waals surface area contributed by atoms with Crippen molar-refractivity contribution in [2.75, 3.05) is 31.6 Å². The van der Waals surface area contributed by atoms with E-state index in [1.54, 1.807) is 12.4 Å². The van der Waals surface area contributed by atoms with Crippen molar-refractivity contribution in [3.8, 4) is 0 Å². The fourth-order valence-corrected chi connectivity index (χ4v) is 2.76. The standard InChI is InChI=1S/C13H19BrN4/c1-11(14)10-17(2)12-4-8-18(9-5-12)13-15-6-3-7-16-13/h3,6-7,12H,1,4-5,8-10H2,2H3. The van der Waals surface area contributed by atoms with Gasteiger partial charge in [-0.25, -0.2) is 9.97 Å². The molecule has 1 aliphatic rings. The molecule has 0 atom stereocenters. The molecule has 4 nitrogen and oxygen atoms in total. The molecule has 98 valence electrons. The highest BCUT2D eigenvalue weighted by Gasteiger charge is 2.23. The second-order valence-corrected chi connectivity index (χ2v) is 5.82. The fraction of sp³-hybridized carbons (Fsp3) is 0.538. The molecule has 0 spiro atoms. The smallest absolute Gasteiger partial charge is 0.225 e. The maximum atomic E-state index is 4.30. The van der Waals surface area contributed by atoms with Crippen molar-refractivity contribution < 1.29 is 0 Å². The highest BCUT2D eigenvalue weighted by atomic mass is 79.9. The monoisotopic (exact) mass is 310 g/mol. The van der Waals surface area contributed by atoms with Gasteiger partial charge in [-0.05, 0) is 26.0 Å². The number of likely N-dealkylation sites (N-methyl/N-ethyl adjacent to an activating group) is 1. The van der Waals surface area contributed by atoms with Crippen molar-refractivity contribution >= 4 is 21.9 Å². The van der Waals surface area contributed by atoms with Gasteiger partial charge < -0.3 is 4.90 Å². The summed E-state index contributed by atoms with van der Waals surface area (Å²) in [4.78, 5) is 13.2. The average molecular weight is 311 g/mol. The first kappa shape index (κ1) is 13.5. The summed E-state index contributed by atoms with van der Waals surface area (Å²) in [6.45, 7) is 6.85. The fourth-order valence-electron chi connectivity index (χ4n) is 2.36. The quantitative estimate of drug-likeness (QED) is 0.854. The molecule has 0 amide bonds. The molecule has 18 heavy (non-hydrogen) atoms. The van der Waals surface area contributed by atoms with Gasteiger partial charge in [0.15, 0.2) is 0 Å². The highest BCUT2D eigenvalue weighted by Crippen LogP contribution is 2.19. The van der Waals surface area contributed by atoms with Crippen molar-refractivity contribution in [3.05, 3.63) is 29.5 Å². The Kier molecular flexibility index (Phi) is 4.72. The zero-order valence-corrected chi connectivity index (χ0v) is 12.3. The Morgan fingerprint density at radius 3 is 2.61 bits per heavy atom. The van der Waals surface area contributed by atoms with Crippen LogP contribution in [0.4, 0.5) is 5.95 Å². The van der Waals surface area contributed by atoms with E-state index < -0.39 is 0 Å². The van der Waals surface area contributed by atoms with Crippen molar-refractivity contribution in [3.63, 3.8) is 0 Å². The van der Waals surface area contributed by atoms with Crippen LogP contribution in [0.2, 0.25) is 0 Å². The Morgan fingerprint density at radius 1 is 1.44 bits per heavy atom. The van der Waals surface area contributed by atoms with Crippen molar-refractivity contribution in [1.29, 1.82) is 0 Å². The van der Waals surface area contributed by atoms with Gasteiger partial charge in [-0.1, -0.05) is 22.5 Å². The molecule has 0 radical (unpaired) electrons. The minimum absolute atomic E-state index is 0.624. The van der Waals surface area contributed by atoms with Crippen LogP contribution < -0.4 is 4.90 Å². The van der Waals surface area contributed by atoms with E-state index in [4.69, 9.17) is 0 Å². The summed E-state index contributed by atoms with van der Waals surface area (Å²) < 4.78 is 1.04. The highest BCUT2D eigenvalue weighted by molar-refractivity contribution is 9.11. The summed E-state index contributed by atoms with van der Waals surface area (Å²) in [7, 11) is 2.16. The lowest BCUT2D eigenvalue weighted by Gasteiger charge is -2.36. The van der Waals surface area contributed by atoms with E-state index in [0.717, 1.165) is 42.9 Å². The number of anilines is 1. The average Bonchev–Trinajstić information content (AvgIpc) is 2.39. The molecular formula is C13H19BrN4. The molecule has 0 aromatic carbocycles.